The van der Waals surface area contributed by atoms with E-state index in [0.29, 0.717) is 0 Å². The lowest BCUT2D eigenvalue weighted by Gasteiger charge is -2.26. The van der Waals surface area contributed by atoms with E-state index in [2.05, 4.69) is 13.8 Å². The van der Waals surface area contributed by atoms with Gasteiger partial charge in [-0.25, -0.2) is 0 Å². The topological polar surface area (TPSA) is 35.2 Å². The minimum absolute atomic E-state index is 0.821. The molecule has 0 aliphatic carbocycles. The molecule has 0 atom stereocenters. The first-order valence-electron chi connectivity index (χ1n) is 5.00. The van der Waals surface area contributed by atoms with Crippen molar-refractivity contribution in [3.8, 4) is 0 Å². The summed E-state index contributed by atoms with van der Waals surface area (Å²) < 4.78 is 5.68. The lowest BCUT2D eigenvalue weighted by molar-refractivity contribution is 0.389. The van der Waals surface area contributed by atoms with E-state index in [0.717, 1.165) is 13.0 Å². The van der Waals surface area contributed by atoms with Gasteiger partial charge in [0.25, 0.3) is 0 Å². The van der Waals surface area contributed by atoms with Crippen LogP contribution in [0.3, 0.4) is 0 Å². The van der Waals surface area contributed by atoms with Gasteiger partial charge in [-0.3, -0.25) is 0 Å². The predicted molar refractivity (Wildman–Crippen MR) is 56.8 cm³/mol. The molecule has 2 nitrogen and oxygen atoms in total. The molecule has 0 bridgehead atoms. The maximum atomic E-state index is 5.68. The van der Waals surface area contributed by atoms with Crippen LogP contribution < -0.4 is 5.73 Å². The molecule has 0 amide bonds. The Morgan fingerprint density at radius 2 is 1.75 bits per heavy atom. The second kappa shape index (κ2) is 6.63. The Morgan fingerprint density at radius 3 is 2.08 bits per heavy atom. The number of unbranched alkanes of at least 4 members (excludes halogenated alkanes) is 1. The van der Waals surface area contributed by atoms with Gasteiger partial charge in [-0.2, -0.15) is 0 Å². The van der Waals surface area contributed by atoms with Crippen LogP contribution in [0.25, 0.3) is 0 Å². The van der Waals surface area contributed by atoms with Crippen molar-refractivity contribution in [3.05, 3.63) is 0 Å². The lowest BCUT2D eigenvalue weighted by Crippen LogP contribution is -2.35. The molecule has 0 radical (unpaired) electrons. The van der Waals surface area contributed by atoms with Gasteiger partial charge in [-0.15, -0.1) is 0 Å². The quantitative estimate of drug-likeness (QED) is 0.493. The summed E-state index contributed by atoms with van der Waals surface area (Å²) in [5.41, 5.74) is 5.46. The third kappa shape index (κ3) is 3.69. The number of rotatable bonds is 7. The first kappa shape index (κ1) is 12.1. The fourth-order valence-electron chi connectivity index (χ4n) is 1.59. The molecular weight excluding hydrogens is 166 g/mol. The monoisotopic (exact) mass is 189 g/mol. The Hall–Kier alpha value is 0.137. The molecule has 0 unspecified atom stereocenters. The molecule has 0 aromatic rings. The Balaban J connectivity index is 3.76. The third-order valence-corrected chi connectivity index (χ3v) is 7.52. The predicted octanol–water partition coefficient (Wildman–Crippen LogP) is 2.36. The molecule has 0 saturated heterocycles. The molecular formula is C9H23NOSi. The second-order valence-corrected chi connectivity index (χ2v) is 8.03. The fraction of sp³-hybridized carbons (Fsp3) is 1.00. The lowest BCUT2D eigenvalue weighted by atomic mass is 10.3. The maximum absolute atomic E-state index is 5.68. The van der Waals surface area contributed by atoms with Crippen LogP contribution in [0.1, 0.15) is 26.7 Å². The third-order valence-electron chi connectivity index (χ3n) is 2.81. The van der Waals surface area contributed by atoms with Crippen LogP contribution >= 0.6 is 0 Å². The van der Waals surface area contributed by atoms with E-state index in [1.54, 1.807) is 0 Å². The summed E-state index contributed by atoms with van der Waals surface area (Å²) >= 11 is 0. The standard InChI is InChI=1S/C9H23NOSi/c1-4-12(5-2,11-3)9-7-6-8-10/h4-10H2,1-3H3. The summed E-state index contributed by atoms with van der Waals surface area (Å²) in [4.78, 5) is 0. The molecule has 0 rings (SSSR count). The SMILES string of the molecule is CC[Si](CC)(CCCCN)OC. The van der Waals surface area contributed by atoms with Crippen LogP contribution in [0, 0.1) is 0 Å². The van der Waals surface area contributed by atoms with E-state index >= 15 is 0 Å². The average molecular weight is 189 g/mol. The van der Waals surface area contributed by atoms with E-state index in [4.69, 9.17) is 10.2 Å². The Labute approximate surface area is 77.6 Å². The van der Waals surface area contributed by atoms with Crippen LogP contribution in [0.15, 0.2) is 0 Å². The smallest absolute Gasteiger partial charge is 0.191 e. The van der Waals surface area contributed by atoms with Gasteiger partial charge in [0.05, 0.1) is 0 Å². The van der Waals surface area contributed by atoms with E-state index in [-0.39, 0.29) is 0 Å². The zero-order valence-electron chi connectivity index (χ0n) is 8.73. The summed E-state index contributed by atoms with van der Waals surface area (Å²) in [6, 6.07) is 3.77. The molecule has 0 aliphatic heterocycles. The molecule has 0 saturated carbocycles. The minimum atomic E-state index is -1.31. The van der Waals surface area contributed by atoms with Gasteiger partial charge in [0.1, 0.15) is 0 Å². The Kier molecular flexibility index (Phi) is 6.71. The highest BCUT2D eigenvalue weighted by atomic mass is 28.4. The zero-order chi connectivity index (χ0) is 9.45. The zero-order valence-corrected chi connectivity index (χ0v) is 9.73. The summed E-state index contributed by atoms with van der Waals surface area (Å²) in [6.07, 6.45) is 2.40. The Bertz CT molecular complexity index is 96.4. The summed E-state index contributed by atoms with van der Waals surface area (Å²) in [5, 5.41) is 0. The highest BCUT2D eigenvalue weighted by molar-refractivity contribution is 6.73. The number of hydrogen-bond acceptors (Lipinski definition) is 2. The van der Waals surface area contributed by atoms with Gasteiger partial charge < -0.3 is 10.2 Å². The highest BCUT2D eigenvalue weighted by Gasteiger charge is 2.28. The molecule has 0 aromatic heterocycles. The van der Waals surface area contributed by atoms with Crippen molar-refractivity contribution >= 4 is 8.32 Å². The molecule has 0 spiro atoms. The van der Waals surface area contributed by atoms with Gasteiger partial charge >= 0.3 is 0 Å². The van der Waals surface area contributed by atoms with E-state index in [1.807, 2.05) is 7.11 Å². The summed E-state index contributed by atoms with van der Waals surface area (Å²) in [5.74, 6) is 0. The molecule has 2 N–H and O–H groups in total. The van der Waals surface area contributed by atoms with E-state index in [1.165, 1.54) is 24.6 Å². The van der Waals surface area contributed by atoms with Crippen molar-refractivity contribution in [1.29, 1.82) is 0 Å². The minimum Gasteiger partial charge on any atom is -0.420 e. The molecule has 12 heavy (non-hydrogen) atoms. The maximum Gasteiger partial charge on any atom is 0.191 e. The highest BCUT2D eigenvalue weighted by Crippen LogP contribution is 2.23. The van der Waals surface area contributed by atoms with Crippen molar-refractivity contribution in [2.75, 3.05) is 13.7 Å². The van der Waals surface area contributed by atoms with Gasteiger partial charge in [-0.1, -0.05) is 20.3 Å². The molecule has 0 aromatic carbocycles. The van der Waals surface area contributed by atoms with Crippen molar-refractivity contribution in [3.63, 3.8) is 0 Å². The van der Waals surface area contributed by atoms with Crippen molar-refractivity contribution in [2.45, 2.75) is 44.8 Å². The van der Waals surface area contributed by atoms with E-state index < -0.39 is 8.32 Å². The largest absolute Gasteiger partial charge is 0.420 e. The molecule has 0 fully saturated rings. The average Bonchev–Trinajstić information content (AvgIpc) is 2.14. The van der Waals surface area contributed by atoms with Gasteiger partial charge in [-0.05, 0) is 31.1 Å². The van der Waals surface area contributed by atoms with Crippen molar-refractivity contribution in [2.24, 2.45) is 5.73 Å². The van der Waals surface area contributed by atoms with Gasteiger partial charge in [0.2, 0.25) is 0 Å². The van der Waals surface area contributed by atoms with Gasteiger partial charge in [0, 0.05) is 7.11 Å². The number of hydrogen-bond donors (Lipinski definition) is 1. The molecule has 0 aliphatic rings. The van der Waals surface area contributed by atoms with Crippen LogP contribution in [-0.4, -0.2) is 22.0 Å². The van der Waals surface area contributed by atoms with Gasteiger partial charge in [0.15, 0.2) is 8.32 Å². The fourth-order valence-corrected chi connectivity index (χ4v) is 4.47. The van der Waals surface area contributed by atoms with Crippen molar-refractivity contribution in [1.82, 2.24) is 0 Å². The Morgan fingerprint density at radius 1 is 1.17 bits per heavy atom. The summed E-state index contributed by atoms with van der Waals surface area (Å²) in [7, 11) is 0.566. The van der Waals surface area contributed by atoms with E-state index in [9.17, 15) is 0 Å². The normalized spacial score (nSPS) is 12.0. The van der Waals surface area contributed by atoms with Crippen molar-refractivity contribution < 1.29 is 4.43 Å². The summed E-state index contributed by atoms with van der Waals surface area (Å²) in [6.45, 7) is 5.32. The first-order valence-corrected chi connectivity index (χ1v) is 7.53. The number of nitrogens with two attached hydrogens (primary N) is 1. The van der Waals surface area contributed by atoms with Crippen LogP contribution in [0.2, 0.25) is 18.1 Å². The van der Waals surface area contributed by atoms with Crippen LogP contribution in [-0.2, 0) is 4.43 Å². The molecule has 0 heterocycles. The second-order valence-electron chi connectivity index (χ2n) is 3.34. The molecule has 74 valence electrons. The molecule has 3 heteroatoms. The van der Waals surface area contributed by atoms with Crippen LogP contribution in [0.4, 0.5) is 0 Å². The first-order chi connectivity index (χ1) is 5.74. The van der Waals surface area contributed by atoms with Crippen LogP contribution in [0.5, 0.6) is 0 Å².